The van der Waals surface area contributed by atoms with Gasteiger partial charge >= 0.3 is 150 Å². The van der Waals surface area contributed by atoms with Gasteiger partial charge in [0.2, 0.25) is 0 Å². The Balaban J connectivity index is 2.35. The molecule has 1 amide bonds. The number of hydrogen-bond donors (Lipinski definition) is 3. The molecule has 0 bridgehead atoms. The number of carbonyl (C=O) groups excluding carboxylic acids is 2. The van der Waals surface area contributed by atoms with Crippen molar-refractivity contribution >= 4 is 54.4 Å². The number of rotatable bonds is 5. The van der Waals surface area contributed by atoms with Gasteiger partial charge in [-0.05, 0) is 0 Å². The van der Waals surface area contributed by atoms with Gasteiger partial charge in [-0.15, -0.1) is 0 Å². The summed E-state index contributed by atoms with van der Waals surface area (Å²) in [5.74, 6) is -1.80. The molecule has 11 heteroatoms. The van der Waals surface area contributed by atoms with E-state index < -0.39 is 31.0 Å². The number of amides is 1. The van der Waals surface area contributed by atoms with Crippen LogP contribution in [0, 0.1) is 0 Å². The summed E-state index contributed by atoms with van der Waals surface area (Å²) in [4.78, 5) is 29.5. The second-order valence-corrected chi connectivity index (χ2v) is 9.67. The summed E-state index contributed by atoms with van der Waals surface area (Å²) in [6, 6.07) is 7.60. The number of nitrogens with zero attached hydrogens (tertiary/aromatic N) is 1. The molecule has 1 aromatic carbocycles. The van der Waals surface area contributed by atoms with Crippen molar-refractivity contribution in [1.29, 1.82) is 0 Å². The van der Waals surface area contributed by atoms with E-state index in [9.17, 15) is 17.4 Å². The number of benzene rings is 1. The Morgan fingerprint density at radius 1 is 1.38 bits per heavy atom. The van der Waals surface area contributed by atoms with Gasteiger partial charge in [-0.3, -0.25) is 0 Å². The van der Waals surface area contributed by atoms with E-state index >= 15 is 0 Å². The molecule has 2 atom stereocenters. The molecule has 128 valence electrons. The fraction of sp³-hybridized carbons (Fsp3) is 0.154. The van der Waals surface area contributed by atoms with E-state index in [4.69, 9.17) is 3.73 Å². The molecule has 2 unspecified atom stereocenters. The predicted molar refractivity (Wildman–Crippen MR) is 88.5 cm³/mol. The fourth-order valence-electron chi connectivity index (χ4n) is 1.60. The van der Waals surface area contributed by atoms with Crippen LogP contribution in [0.4, 0.5) is 0 Å². The van der Waals surface area contributed by atoms with E-state index in [-0.39, 0.29) is 9.23 Å². The quantitative estimate of drug-likeness (QED) is 0.266. The Morgan fingerprint density at radius 3 is 2.58 bits per heavy atom. The Bertz CT molecular complexity index is 770. The number of thiol groups is 1. The van der Waals surface area contributed by atoms with E-state index in [1.807, 2.05) is 5.48 Å². The van der Waals surface area contributed by atoms with Gasteiger partial charge in [0.05, 0.1) is 0 Å². The molecular weight excluding hydrogens is 419 g/mol. The standard InChI is InChI=1S/C13H13AsN2O6S2/c1-9(17)16-21-12(18)13(23,11-7-15-8-24-11)22-14(19,20)10-5-3-2-4-6-10/h2-8,23H,1H3,(H,16,17)(H,19,20). The van der Waals surface area contributed by atoms with E-state index in [0.29, 0.717) is 0 Å². The molecule has 8 nitrogen and oxygen atoms in total. The number of nitrogens with one attached hydrogen (secondary N) is 1. The van der Waals surface area contributed by atoms with Crippen molar-refractivity contribution in [3.05, 3.63) is 46.9 Å². The Kier molecular flexibility index (Phi) is 5.89. The van der Waals surface area contributed by atoms with Crippen molar-refractivity contribution in [2.75, 3.05) is 0 Å². The molecule has 0 fully saturated rings. The summed E-state index contributed by atoms with van der Waals surface area (Å²) in [5, 5.41) is 0. The van der Waals surface area contributed by atoms with Crippen LogP contribution in [0.15, 0.2) is 42.0 Å². The van der Waals surface area contributed by atoms with Crippen LogP contribution in [-0.4, -0.2) is 35.1 Å². The molecule has 0 spiro atoms. The van der Waals surface area contributed by atoms with Gasteiger partial charge in [0.25, 0.3) is 0 Å². The number of hydrogen-bond acceptors (Lipinski definition) is 8. The van der Waals surface area contributed by atoms with Crippen molar-refractivity contribution < 1.29 is 26.0 Å². The van der Waals surface area contributed by atoms with Crippen molar-refractivity contribution in [2.45, 2.75) is 11.9 Å². The van der Waals surface area contributed by atoms with Crippen molar-refractivity contribution in [2.24, 2.45) is 0 Å². The van der Waals surface area contributed by atoms with Crippen LogP contribution in [0.25, 0.3) is 0 Å². The second-order valence-electron chi connectivity index (χ2n) is 4.50. The van der Waals surface area contributed by atoms with Crippen LogP contribution in [0.2, 0.25) is 0 Å². The third kappa shape index (κ3) is 4.28. The number of hydroxylamine groups is 1. The first kappa shape index (κ1) is 18.8. The zero-order valence-corrected chi connectivity index (χ0v) is 15.9. The van der Waals surface area contributed by atoms with Gasteiger partial charge in [0, 0.05) is 0 Å². The molecular formula is C13H13AsN2O6S2. The van der Waals surface area contributed by atoms with Gasteiger partial charge < -0.3 is 0 Å². The minimum absolute atomic E-state index is 0.0332. The molecule has 2 rings (SSSR count). The second kappa shape index (κ2) is 7.54. The molecule has 1 aromatic heterocycles. The molecule has 0 radical (unpaired) electrons. The van der Waals surface area contributed by atoms with E-state index in [0.717, 1.165) is 18.3 Å². The average Bonchev–Trinajstić information content (AvgIpc) is 3.08. The zero-order valence-electron chi connectivity index (χ0n) is 12.3. The van der Waals surface area contributed by atoms with Crippen LogP contribution >= 0.6 is 24.0 Å². The van der Waals surface area contributed by atoms with E-state index in [2.05, 4.69) is 22.5 Å². The number of thiazole rings is 1. The Labute approximate surface area is 149 Å². The monoisotopic (exact) mass is 432 g/mol. The normalized spacial score (nSPS) is 15.8. The van der Waals surface area contributed by atoms with Gasteiger partial charge in [0.1, 0.15) is 0 Å². The minimum atomic E-state index is -5.14. The molecule has 0 aliphatic carbocycles. The number of carbonyl (C=O) groups is 2. The molecule has 0 saturated carbocycles. The summed E-state index contributed by atoms with van der Waals surface area (Å²) in [6.07, 6.45) is 1.26. The zero-order chi connectivity index (χ0) is 17.8. The van der Waals surface area contributed by atoms with Gasteiger partial charge in [0.15, 0.2) is 0 Å². The summed E-state index contributed by atoms with van der Waals surface area (Å²) >= 11 is -0.0439. The van der Waals surface area contributed by atoms with Gasteiger partial charge in [-0.2, -0.15) is 0 Å². The summed E-state index contributed by atoms with van der Waals surface area (Å²) in [5.41, 5.74) is 3.24. The van der Waals surface area contributed by atoms with Crippen molar-refractivity contribution in [3.63, 3.8) is 0 Å². The molecule has 2 aromatic rings. The maximum absolute atomic E-state index is 12.6. The van der Waals surface area contributed by atoms with E-state index in [1.165, 1.54) is 23.8 Å². The molecule has 0 aliphatic rings. The first-order valence-electron chi connectivity index (χ1n) is 6.44. The van der Waals surface area contributed by atoms with E-state index in [1.54, 1.807) is 18.2 Å². The van der Waals surface area contributed by atoms with Crippen LogP contribution < -0.4 is 9.83 Å². The SMILES string of the molecule is CC(=O)NOC(=O)C(S)(O[As](=O)(O)c1ccccc1)c1cncs1. The van der Waals surface area contributed by atoms with Crippen molar-refractivity contribution in [3.8, 4) is 0 Å². The first-order chi connectivity index (χ1) is 11.3. The predicted octanol–water partition coefficient (Wildman–Crippen LogP) is 0.105. The summed E-state index contributed by atoms with van der Waals surface area (Å²) < 4.78 is 28.1. The van der Waals surface area contributed by atoms with Crippen LogP contribution in [0.3, 0.4) is 0 Å². The first-order valence-corrected chi connectivity index (χ1v) is 11.1. The van der Waals surface area contributed by atoms with Crippen molar-refractivity contribution in [1.82, 2.24) is 10.5 Å². The molecule has 24 heavy (non-hydrogen) atoms. The topological polar surface area (TPSA) is 115 Å². The van der Waals surface area contributed by atoms with Gasteiger partial charge in [-0.25, -0.2) is 0 Å². The third-order valence-corrected chi connectivity index (χ3v) is 7.61. The van der Waals surface area contributed by atoms with Crippen LogP contribution in [0.5, 0.6) is 0 Å². The summed E-state index contributed by atoms with van der Waals surface area (Å²) in [6.45, 7) is 1.13. The molecule has 2 N–H and O–H groups in total. The molecule has 0 saturated heterocycles. The maximum atomic E-state index is 12.6. The summed E-state index contributed by atoms with van der Waals surface area (Å²) in [7, 11) is 0. The third-order valence-electron chi connectivity index (χ3n) is 2.67. The number of aromatic nitrogens is 1. The average molecular weight is 432 g/mol. The molecule has 0 aliphatic heterocycles. The Morgan fingerprint density at radius 2 is 2.04 bits per heavy atom. The van der Waals surface area contributed by atoms with Gasteiger partial charge in [-0.1, -0.05) is 0 Å². The Hall–Kier alpha value is -1.58. The van der Waals surface area contributed by atoms with Crippen LogP contribution in [-0.2, 0) is 26.8 Å². The van der Waals surface area contributed by atoms with Crippen LogP contribution in [0.1, 0.15) is 11.8 Å². The fourth-order valence-corrected chi connectivity index (χ4v) is 5.70. The molecule has 1 heterocycles.